The average Bonchev–Trinajstić information content (AvgIpc) is 3.13. The summed E-state index contributed by atoms with van der Waals surface area (Å²) < 4.78 is 0. The van der Waals surface area contributed by atoms with Crippen molar-refractivity contribution in [1.29, 1.82) is 0 Å². The predicted octanol–water partition coefficient (Wildman–Crippen LogP) is 2.74. The zero-order chi connectivity index (χ0) is 12.3. The molecule has 0 aliphatic heterocycles. The van der Waals surface area contributed by atoms with Crippen molar-refractivity contribution in [1.82, 2.24) is 10.2 Å². The van der Waals surface area contributed by atoms with Gasteiger partial charge in [-0.15, -0.1) is 0 Å². The SMILES string of the molecule is CNC(CCN(C)C1CC1)c1cccc(C)c1. The van der Waals surface area contributed by atoms with Gasteiger partial charge in [0.25, 0.3) is 0 Å². The van der Waals surface area contributed by atoms with Crippen LogP contribution >= 0.6 is 0 Å². The summed E-state index contributed by atoms with van der Waals surface area (Å²) in [5.41, 5.74) is 2.76. The molecule has 0 heterocycles. The second kappa shape index (κ2) is 5.65. The van der Waals surface area contributed by atoms with Crippen molar-refractivity contribution in [3.05, 3.63) is 35.4 Å². The van der Waals surface area contributed by atoms with Gasteiger partial charge >= 0.3 is 0 Å². The van der Waals surface area contributed by atoms with Crippen LogP contribution in [0.2, 0.25) is 0 Å². The third-order valence-electron chi connectivity index (χ3n) is 3.73. The largest absolute Gasteiger partial charge is 0.313 e. The van der Waals surface area contributed by atoms with Gasteiger partial charge in [-0.3, -0.25) is 0 Å². The van der Waals surface area contributed by atoms with Crippen LogP contribution < -0.4 is 5.32 Å². The van der Waals surface area contributed by atoms with Crippen LogP contribution in [-0.2, 0) is 0 Å². The number of rotatable bonds is 6. The Bertz CT molecular complexity index is 358. The molecule has 1 aliphatic carbocycles. The lowest BCUT2D eigenvalue weighted by molar-refractivity contribution is 0.302. The van der Waals surface area contributed by atoms with Gasteiger partial charge in [0, 0.05) is 12.1 Å². The molecule has 2 rings (SSSR count). The zero-order valence-corrected chi connectivity index (χ0v) is 11.2. The maximum absolute atomic E-state index is 3.43. The third-order valence-corrected chi connectivity index (χ3v) is 3.73. The van der Waals surface area contributed by atoms with Crippen molar-refractivity contribution < 1.29 is 0 Å². The van der Waals surface area contributed by atoms with Crippen LogP contribution in [0.1, 0.15) is 36.4 Å². The van der Waals surface area contributed by atoms with Crippen LogP contribution in [0.15, 0.2) is 24.3 Å². The molecule has 0 aromatic heterocycles. The lowest BCUT2D eigenvalue weighted by Gasteiger charge is -2.21. The first kappa shape index (κ1) is 12.6. The normalized spacial score (nSPS) is 17.4. The highest BCUT2D eigenvalue weighted by atomic mass is 15.1. The van der Waals surface area contributed by atoms with Gasteiger partial charge in [-0.2, -0.15) is 0 Å². The summed E-state index contributed by atoms with van der Waals surface area (Å²) in [6, 6.07) is 10.2. The highest BCUT2D eigenvalue weighted by Gasteiger charge is 2.26. The Labute approximate surface area is 105 Å². The fourth-order valence-electron chi connectivity index (χ4n) is 2.40. The van der Waals surface area contributed by atoms with Gasteiger partial charge in [0.2, 0.25) is 0 Å². The van der Waals surface area contributed by atoms with E-state index in [2.05, 4.69) is 55.5 Å². The molecule has 1 aromatic rings. The summed E-state index contributed by atoms with van der Waals surface area (Å²) >= 11 is 0. The van der Waals surface area contributed by atoms with E-state index in [1.54, 1.807) is 0 Å². The van der Waals surface area contributed by atoms with Crippen LogP contribution in [0.5, 0.6) is 0 Å². The first-order valence-electron chi connectivity index (χ1n) is 6.65. The molecule has 1 saturated carbocycles. The second-order valence-corrected chi connectivity index (χ2v) is 5.26. The molecular weight excluding hydrogens is 208 g/mol. The van der Waals surface area contributed by atoms with Gasteiger partial charge < -0.3 is 10.2 Å². The maximum atomic E-state index is 3.43. The standard InChI is InChI=1S/C15H24N2/c1-12-5-4-6-13(11-12)15(16-2)9-10-17(3)14-7-8-14/h4-6,11,14-16H,7-10H2,1-3H3. The van der Waals surface area contributed by atoms with Crippen LogP contribution in [0, 0.1) is 6.92 Å². The molecule has 1 aliphatic rings. The molecule has 0 bridgehead atoms. The molecule has 0 saturated heterocycles. The Kier molecular flexibility index (Phi) is 4.19. The van der Waals surface area contributed by atoms with E-state index in [1.807, 2.05) is 0 Å². The molecule has 1 unspecified atom stereocenters. The number of hydrogen-bond donors (Lipinski definition) is 1. The van der Waals surface area contributed by atoms with E-state index in [0.29, 0.717) is 6.04 Å². The zero-order valence-electron chi connectivity index (χ0n) is 11.2. The van der Waals surface area contributed by atoms with Gasteiger partial charge in [-0.05, 0) is 52.4 Å². The minimum absolute atomic E-state index is 0.482. The van der Waals surface area contributed by atoms with Crippen LogP contribution in [0.3, 0.4) is 0 Å². The minimum Gasteiger partial charge on any atom is -0.313 e. The molecule has 1 fully saturated rings. The summed E-state index contributed by atoms with van der Waals surface area (Å²) in [6.45, 7) is 3.34. The summed E-state index contributed by atoms with van der Waals surface area (Å²) in [7, 11) is 4.31. The summed E-state index contributed by atoms with van der Waals surface area (Å²) in [4.78, 5) is 2.50. The molecule has 1 aromatic carbocycles. The smallest absolute Gasteiger partial charge is 0.0329 e. The predicted molar refractivity (Wildman–Crippen MR) is 73.2 cm³/mol. The average molecular weight is 232 g/mol. The van der Waals surface area contributed by atoms with Gasteiger partial charge in [0.1, 0.15) is 0 Å². The van der Waals surface area contributed by atoms with E-state index in [9.17, 15) is 0 Å². The molecule has 17 heavy (non-hydrogen) atoms. The Morgan fingerprint density at radius 1 is 1.41 bits per heavy atom. The van der Waals surface area contributed by atoms with Crippen molar-refractivity contribution in [3.63, 3.8) is 0 Å². The minimum atomic E-state index is 0.482. The van der Waals surface area contributed by atoms with Crippen molar-refractivity contribution in [2.45, 2.75) is 38.3 Å². The van der Waals surface area contributed by atoms with Crippen LogP contribution in [0.25, 0.3) is 0 Å². The molecule has 2 nitrogen and oxygen atoms in total. The van der Waals surface area contributed by atoms with Crippen molar-refractivity contribution in [2.75, 3.05) is 20.6 Å². The molecule has 0 spiro atoms. The fraction of sp³-hybridized carbons (Fsp3) is 0.600. The monoisotopic (exact) mass is 232 g/mol. The number of nitrogens with one attached hydrogen (secondary N) is 1. The Balaban J connectivity index is 1.91. The molecule has 1 atom stereocenters. The van der Waals surface area contributed by atoms with Gasteiger partial charge in [-0.1, -0.05) is 29.8 Å². The van der Waals surface area contributed by atoms with Crippen LogP contribution in [0.4, 0.5) is 0 Å². The maximum Gasteiger partial charge on any atom is 0.0329 e. The first-order chi connectivity index (χ1) is 8.20. The van der Waals surface area contributed by atoms with Crippen molar-refractivity contribution in [2.24, 2.45) is 0 Å². The van der Waals surface area contributed by atoms with E-state index < -0.39 is 0 Å². The Morgan fingerprint density at radius 2 is 2.18 bits per heavy atom. The number of hydrogen-bond acceptors (Lipinski definition) is 2. The highest BCUT2D eigenvalue weighted by Crippen LogP contribution is 2.26. The molecule has 1 N–H and O–H groups in total. The summed E-state index contributed by atoms with van der Waals surface area (Å²) in [6.07, 6.45) is 3.98. The Morgan fingerprint density at radius 3 is 2.76 bits per heavy atom. The summed E-state index contributed by atoms with van der Waals surface area (Å²) in [5.74, 6) is 0. The topological polar surface area (TPSA) is 15.3 Å². The van der Waals surface area contributed by atoms with E-state index in [1.165, 1.54) is 36.9 Å². The Hall–Kier alpha value is -0.860. The first-order valence-corrected chi connectivity index (χ1v) is 6.65. The molecule has 2 heteroatoms. The van der Waals surface area contributed by atoms with Gasteiger partial charge in [-0.25, -0.2) is 0 Å². The lowest BCUT2D eigenvalue weighted by Crippen LogP contribution is -2.26. The van der Waals surface area contributed by atoms with E-state index in [4.69, 9.17) is 0 Å². The number of aryl methyl sites for hydroxylation is 1. The van der Waals surface area contributed by atoms with E-state index in [0.717, 1.165) is 6.04 Å². The quantitative estimate of drug-likeness (QED) is 0.811. The molecular formula is C15H24N2. The lowest BCUT2D eigenvalue weighted by atomic mass is 10.0. The van der Waals surface area contributed by atoms with Crippen molar-refractivity contribution in [3.8, 4) is 0 Å². The number of benzene rings is 1. The van der Waals surface area contributed by atoms with Gasteiger partial charge in [0.15, 0.2) is 0 Å². The van der Waals surface area contributed by atoms with E-state index in [-0.39, 0.29) is 0 Å². The van der Waals surface area contributed by atoms with Gasteiger partial charge in [0.05, 0.1) is 0 Å². The molecule has 0 radical (unpaired) electrons. The third kappa shape index (κ3) is 3.55. The second-order valence-electron chi connectivity index (χ2n) is 5.26. The van der Waals surface area contributed by atoms with E-state index >= 15 is 0 Å². The van der Waals surface area contributed by atoms with Crippen LogP contribution in [-0.4, -0.2) is 31.6 Å². The highest BCUT2D eigenvalue weighted by molar-refractivity contribution is 5.25. The molecule has 0 amide bonds. The number of nitrogens with zero attached hydrogens (tertiary/aromatic N) is 1. The fourth-order valence-corrected chi connectivity index (χ4v) is 2.40. The summed E-state index contributed by atoms with van der Waals surface area (Å²) in [5, 5.41) is 3.43. The van der Waals surface area contributed by atoms with Crippen molar-refractivity contribution >= 4 is 0 Å². The molecule has 94 valence electrons.